The standard InChI is InChI=1S/C19H21N3O6S/c1-26-12-5-4-10(8-13(12)27-2)17(24)21-18-15(16(20)23)11-6-7-22(19(25)28-3)9-14(11)29-18/h4-5,8H,6-7,9H2,1-3H3,(H2,20,23)(H,21,24). The molecule has 0 unspecified atom stereocenters. The molecular weight excluding hydrogens is 398 g/mol. The maximum absolute atomic E-state index is 12.8. The van der Waals surface area contributed by atoms with Crippen molar-refractivity contribution in [3.05, 3.63) is 39.8 Å². The van der Waals surface area contributed by atoms with Gasteiger partial charge in [-0.1, -0.05) is 0 Å². The number of nitrogens with zero attached hydrogens (tertiary/aromatic N) is 1. The van der Waals surface area contributed by atoms with Crippen LogP contribution < -0.4 is 20.5 Å². The van der Waals surface area contributed by atoms with Crippen molar-refractivity contribution in [1.82, 2.24) is 4.90 Å². The zero-order chi connectivity index (χ0) is 21.1. The molecule has 154 valence electrons. The van der Waals surface area contributed by atoms with Crippen LogP contribution in [0.25, 0.3) is 0 Å². The third-order valence-corrected chi connectivity index (χ3v) is 5.74. The molecule has 0 spiro atoms. The predicted molar refractivity (Wildman–Crippen MR) is 107 cm³/mol. The molecule has 0 bridgehead atoms. The molecule has 29 heavy (non-hydrogen) atoms. The summed E-state index contributed by atoms with van der Waals surface area (Å²) in [5.74, 6) is -0.140. The van der Waals surface area contributed by atoms with Gasteiger partial charge in [-0.05, 0) is 30.2 Å². The van der Waals surface area contributed by atoms with Crippen LogP contribution in [0.2, 0.25) is 0 Å². The zero-order valence-electron chi connectivity index (χ0n) is 16.2. The van der Waals surface area contributed by atoms with Crippen LogP contribution in [-0.4, -0.2) is 50.7 Å². The summed E-state index contributed by atoms with van der Waals surface area (Å²) in [5, 5.41) is 3.12. The van der Waals surface area contributed by atoms with E-state index >= 15 is 0 Å². The molecule has 3 N–H and O–H groups in total. The Hall–Kier alpha value is -3.27. The number of carbonyl (C=O) groups is 3. The molecule has 0 aliphatic carbocycles. The van der Waals surface area contributed by atoms with Gasteiger partial charge in [0.15, 0.2) is 11.5 Å². The third-order valence-electron chi connectivity index (χ3n) is 4.61. The molecule has 0 radical (unpaired) electrons. The highest BCUT2D eigenvalue weighted by molar-refractivity contribution is 7.17. The van der Waals surface area contributed by atoms with E-state index in [-0.39, 0.29) is 5.56 Å². The summed E-state index contributed by atoms with van der Waals surface area (Å²) >= 11 is 1.22. The highest BCUT2D eigenvalue weighted by Crippen LogP contribution is 2.37. The van der Waals surface area contributed by atoms with E-state index in [1.165, 1.54) is 37.6 Å². The molecule has 9 nitrogen and oxygen atoms in total. The fraction of sp³-hybridized carbons (Fsp3) is 0.316. The number of hydrogen-bond donors (Lipinski definition) is 2. The van der Waals surface area contributed by atoms with Crippen LogP contribution in [-0.2, 0) is 17.7 Å². The number of anilines is 1. The molecule has 0 atom stereocenters. The molecule has 1 aliphatic rings. The smallest absolute Gasteiger partial charge is 0.409 e. The van der Waals surface area contributed by atoms with Gasteiger partial charge in [-0.15, -0.1) is 11.3 Å². The number of rotatable bonds is 5. The van der Waals surface area contributed by atoms with Gasteiger partial charge in [0.25, 0.3) is 11.8 Å². The normalized spacial score (nSPS) is 12.7. The Kier molecular flexibility index (Phi) is 5.92. The van der Waals surface area contributed by atoms with Crippen LogP contribution in [0.1, 0.15) is 31.2 Å². The Labute approximate surface area is 171 Å². The van der Waals surface area contributed by atoms with Crippen LogP contribution in [0.3, 0.4) is 0 Å². The van der Waals surface area contributed by atoms with Crippen LogP contribution in [0.4, 0.5) is 9.80 Å². The van der Waals surface area contributed by atoms with Crippen molar-refractivity contribution >= 4 is 34.2 Å². The van der Waals surface area contributed by atoms with Crippen LogP contribution in [0.15, 0.2) is 18.2 Å². The zero-order valence-corrected chi connectivity index (χ0v) is 17.1. The summed E-state index contributed by atoms with van der Waals surface area (Å²) in [6.07, 6.45) is 0.00594. The minimum atomic E-state index is -0.628. The topological polar surface area (TPSA) is 120 Å². The highest BCUT2D eigenvalue weighted by atomic mass is 32.1. The van der Waals surface area contributed by atoms with E-state index in [0.717, 1.165) is 10.4 Å². The van der Waals surface area contributed by atoms with E-state index in [1.54, 1.807) is 18.2 Å². The summed E-state index contributed by atoms with van der Waals surface area (Å²) in [7, 11) is 4.30. The average Bonchev–Trinajstić information content (AvgIpc) is 3.09. The van der Waals surface area contributed by atoms with Gasteiger partial charge in [0.2, 0.25) is 0 Å². The van der Waals surface area contributed by atoms with E-state index in [2.05, 4.69) is 5.32 Å². The molecule has 0 fully saturated rings. The van der Waals surface area contributed by atoms with Gasteiger partial charge < -0.3 is 30.2 Å². The summed E-state index contributed by atoms with van der Waals surface area (Å²) in [6.45, 7) is 0.693. The van der Waals surface area contributed by atoms with Crippen LogP contribution in [0, 0.1) is 0 Å². The number of amides is 3. The van der Waals surface area contributed by atoms with E-state index in [4.69, 9.17) is 19.9 Å². The van der Waals surface area contributed by atoms with Gasteiger partial charge in [0.05, 0.1) is 33.4 Å². The number of primary amides is 1. The fourth-order valence-electron chi connectivity index (χ4n) is 3.19. The van der Waals surface area contributed by atoms with Gasteiger partial charge in [-0.25, -0.2) is 4.79 Å². The number of hydrogen-bond acceptors (Lipinski definition) is 7. The second-order valence-electron chi connectivity index (χ2n) is 6.24. The molecule has 0 saturated heterocycles. The van der Waals surface area contributed by atoms with Gasteiger partial charge >= 0.3 is 6.09 Å². The van der Waals surface area contributed by atoms with Gasteiger partial charge in [0, 0.05) is 17.0 Å². The fourth-order valence-corrected chi connectivity index (χ4v) is 4.45. The summed E-state index contributed by atoms with van der Waals surface area (Å²) in [5.41, 5.74) is 6.95. The number of benzene rings is 1. The SMILES string of the molecule is COC(=O)N1CCc2c(sc(NC(=O)c3ccc(OC)c(OC)c3)c2C(N)=O)C1. The Balaban J connectivity index is 1.90. The number of nitrogens with one attached hydrogen (secondary N) is 1. The van der Waals surface area contributed by atoms with E-state index in [9.17, 15) is 14.4 Å². The first-order chi connectivity index (χ1) is 13.9. The minimum absolute atomic E-state index is 0.281. The van der Waals surface area contributed by atoms with Crippen molar-refractivity contribution in [3.63, 3.8) is 0 Å². The van der Waals surface area contributed by atoms with E-state index in [1.807, 2.05) is 0 Å². The van der Waals surface area contributed by atoms with Crippen molar-refractivity contribution in [2.75, 3.05) is 33.2 Å². The molecular formula is C19H21N3O6S. The number of thiophene rings is 1. The average molecular weight is 419 g/mol. The molecule has 1 aromatic heterocycles. The van der Waals surface area contributed by atoms with Gasteiger partial charge in [-0.2, -0.15) is 0 Å². The molecule has 2 heterocycles. The molecule has 0 saturated carbocycles. The summed E-state index contributed by atoms with van der Waals surface area (Å²) < 4.78 is 15.2. The first kappa shape index (κ1) is 20.5. The quantitative estimate of drug-likeness (QED) is 0.767. The van der Waals surface area contributed by atoms with Crippen molar-refractivity contribution in [2.45, 2.75) is 13.0 Å². The Bertz CT molecular complexity index is 971. The Morgan fingerprint density at radius 2 is 1.86 bits per heavy atom. The lowest BCUT2D eigenvalue weighted by molar-refractivity contribution is 0.0999. The molecule has 3 amide bonds. The van der Waals surface area contributed by atoms with E-state index < -0.39 is 17.9 Å². The van der Waals surface area contributed by atoms with Crippen LogP contribution in [0.5, 0.6) is 11.5 Å². The number of nitrogens with two attached hydrogens (primary N) is 1. The summed E-state index contributed by atoms with van der Waals surface area (Å²) in [4.78, 5) is 38.9. The lowest BCUT2D eigenvalue weighted by atomic mass is 10.0. The lowest BCUT2D eigenvalue weighted by Gasteiger charge is -2.25. The van der Waals surface area contributed by atoms with Crippen molar-refractivity contribution in [3.8, 4) is 11.5 Å². The Morgan fingerprint density at radius 3 is 2.48 bits per heavy atom. The lowest BCUT2D eigenvalue weighted by Crippen LogP contribution is -2.35. The first-order valence-corrected chi connectivity index (χ1v) is 9.51. The van der Waals surface area contributed by atoms with E-state index in [0.29, 0.717) is 41.6 Å². The minimum Gasteiger partial charge on any atom is -0.493 e. The van der Waals surface area contributed by atoms with Crippen LogP contribution >= 0.6 is 11.3 Å². The molecule has 1 aliphatic heterocycles. The van der Waals surface area contributed by atoms with Crippen molar-refractivity contribution in [2.24, 2.45) is 5.73 Å². The Morgan fingerprint density at radius 1 is 1.14 bits per heavy atom. The maximum atomic E-state index is 12.8. The molecule has 2 aromatic rings. The van der Waals surface area contributed by atoms with Gasteiger partial charge in [-0.3, -0.25) is 9.59 Å². The number of carbonyl (C=O) groups excluding carboxylic acids is 3. The second-order valence-corrected chi connectivity index (χ2v) is 7.34. The number of fused-ring (bicyclic) bond motifs is 1. The van der Waals surface area contributed by atoms with Gasteiger partial charge in [0.1, 0.15) is 5.00 Å². The van der Waals surface area contributed by atoms with Crippen molar-refractivity contribution < 1.29 is 28.6 Å². The third kappa shape index (κ3) is 3.97. The maximum Gasteiger partial charge on any atom is 0.409 e. The molecule has 3 rings (SSSR count). The van der Waals surface area contributed by atoms with Crippen molar-refractivity contribution in [1.29, 1.82) is 0 Å². The predicted octanol–water partition coefficient (Wildman–Crippen LogP) is 2.24. The molecule has 10 heteroatoms. The summed E-state index contributed by atoms with van der Waals surface area (Å²) in [6, 6.07) is 4.76. The highest BCUT2D eigenvalue weighted by Gasteiger charge is 2.30. The molecule has 1 aromatic carbocycles. The monoisotopic (exact) mass is 419 g/mol. The number of methoxy groups -OCH3 is 3. The number of ether oxygens (including phenoxy) is 3. The second kappa shape index (κ2) is 8.39. The largest absolute Gasteiger partial charge is 0.493 e. The first-order valence-electron chi connectivity index (χ1n) is 8.70.